The van der Waals surface area contributed by atoms with Gasteiger partial charge in [-0.2, -0.15) is 0 Å². The monoisotopic (exact) mass is 1080 g/mol. The first-order chi connectivity index (χ1) is 32.1. The standard InChI is InChI=1S/C30H37BrN15O19P3/c31-30-43-14-23(34)37-6-40-26(14)46(30)27-18(50)15(47)9(61-27)2-59-67(54,55)65-20-17(49)11(63-29(20)45-8-42-13-22(33)36-5-39-25(13)45)3-60-68(56,57)64-19-16(48)10(1-58-66(51,52)53)62-28(19)44-7-41-12-21(32)35-4-38-24(12)44/h4-11,15-20,27-29,47-50H,1-3H2,(H,54,55)(H,56,57)(H2,32,35,38)(H2,33,36,39)(H2,34,37,40)(H2,51,52,53)/t9-,10-,11-,15-,16-,17-,18-,19-,20-,27-,28-,29-/m1/s1. The van der Waals surface area contributed by atoms with Crippen molar-refractivity contribution in [1.82, 2.24) is 58.6 Å². The molecule has 3 aliphatic heterocycles. The van der Waals surface area contributed by atoms with Crippen molar-refractivity contribution < 1.29 is 90.5 Å². The van der Waals surface area contributed by atoms with Crippen molar-refractivity contribution in [2.75, 3.05) is 37.0 Å². The van der Waals surface area contributed by atoms with E-state index < -0.39 is 117 Å². The van der Waals surface area contributed by atoms with Gasteiger partial charge in [0, 0.05) is 0 Å². The zero-order chi connectivity index (χ0) is 48.6. The van der Waals surface area contributed by atoms with Crippen LogP contribution in [-0.4, -0.2) is 173 Å². The van der Waals surface area contributed by atoms with Gasteiger partial charge in [-0.3, -0.25) is 36.3 Å². The van der Waals surface area contributed by atoms with Crippen LogP contribution in [0.1, 0.15) is 18.7 Å². The van der Waals surface area contributed by atoms with Crippen LogP contribution in [0.2, 0.25) is 0 Å². The zero-order valence-corrected chi connectivity index (χ0v) is 38.1. The van der Waals surface area contributed by atoms with Crippen LogP contribution in [0.4, 0.5) is 17.5 Å². The molecule has 14 atom stereocenters. The number of nitrogens with zero attached hydrogens (tertiary/aromatic N) is 12. The maximum Gasteiger partial charge on any atom is 0.472 e. The Bertz CT molecular complexity index is 3000. The van der Waals surface area contributed by atoms with Crippen LogP contribution in [0.3, 0.4) is 0 Å². The van der Waals surface area contributed by atoms with Crippen molar-refractivity contribution in [2.45, 2.75) is 73.6 Å². The molecular formula is C30H37BrN15O19P3. The Labute approximate surface area is 385 Å². The van der Waals surface area contributed by atoms with Crippen LogP contribution in [0.25, 0.3) is 33.5 Å². The van der Waals surface area contributed by atoms with E-state index in [1.165, 1.54) is 4.57 Å². The van der Waals surface area contributed by atoms with Crippen LogP contribution in [0, 0.1) is 0 Å². The number of fused-ring (bicyclic) bond motifs is 3. The number of hydrogen-bond donors (Lipinski definition) is 11. The van der Waals surface area contributed by atoms with Gasteiger partial charge < -0.3 is 71.4 Å². The van der Waals surface area contributed by atoms with Crippen LogP contribution in [0.15, 0.2) is 36.4 Å². The Hall–Kier alpha value is -4.42. The molecule has 9 heterocycles. The van der Waals surface area contributed by atoms with E-state index in [1.807, 2.05) is 0 Å². The van der Waals surface area contributed by atoms with E-state index >= 15 is 0 Å². The molecule has 2 unspecified atom stereocenters. The maximum absolute atomic E-state index is 13.7. The predicted octanol–water partition coefficient (Wildman–Crippen LogP) is -2.74. The van der Waals surface area contributed by atoms with Gasteiger partial charge in [-0.25, -0.2) is 58.6 Å². The van der Waals surface area contributed by atoms with E-state index in [0.29, 0.717) is 0 Å². The number of rotatable bonds is 16. The van der Waals surface area contributed by atoms with Gasteiger partial charge in [-0.15, -0.1) is 0 Å². The molecule has 3 aliphatic rings. The van der Waals surface area contributed by atoms with Crippen molar-refractivity contribution in [2.24, 2.45) is 0 Å². The lowest BCUT2D eigenvalue weighted by Crippen LogP contribution is -2.37. The molecule has 34 nitrogen and oxygen atoms in total. The normalized spacial score (nSPS) is 30.7. The lowest BCUT2D eigenvalue weighted by Gasteiger charge is -2.25. The van der Waals surface area contributed by atoms with Crippen molar-refractivity contribution in [3.8, 4) is 0 Å². The van der Waals surface area contributed by atoms with E-state index in [9.17, 15) is 53.7 Å². The number of hydrogen-bond acceptors (Lipinski definition) is 27. The van der Waals surface area contributed by atoms with E-state index in [2.05, 4.69) is 65.3 Å². The minimum Gasteiger partial charge on any atom is -0.387 e. The number of halogens is 1. The molecule has 368 valence electrons. The molecule has 0 amide bonds. The Balaban J connectivity index is 0.921. The first-order valence-electron chi connectivity index (χ1n) is 19.3. The molecule has 0 spiro atoms. The molecule has 68 heavy (non-hydrogen) atoms. The van der Waals surface area contributed by atoms with Gasteiger partial charge in [0.1, 0.15) is 85.0 Å². The molecule has 3 saturated heterocycles. The number of nitrogen functional groups attached to an aromatic ring is 3. The molecule has 0 radical (unpaired) electrons. The summed E-state index contributed by atoms with van der Waals surface area (Å²) >= 11 is 3.23. The number of aromatic nitrogens is 12. The van der Waals surface area contributed by atoms with Gasteiger partial charge >= 0.3 is 23.5 Å². The molecule has 0 saturated carbocycles. The summed E-state index contributed by atoms with van der Waals surface area (Å²) in [4.78, 5) is 76.9. The highest BCUT2D eigenvalue weighted by Gasteiger charge is 2.53. The van der Waals surface area contributed by atoms with E-state index in [4.69, 9.17) is 49.5 Å². The predicted molar refractivity (Wildman–Crippen MR) is 222 cm³/mol. The fourth-order valence-electron chi connectivity index (χ4n) is 7.58. The zero-order valence-electron chi connectivity index (χ0n) is 33.8. The minimum absolute atomic E-state index is 0.00388. The second kappa shape index (κ2) is 18.4. The highest BCUT2D eigenvalue weighted by atomic mass is 79.9. The topological polar surface area (TPSA) is 496 Å². The number of ether oxygens (including phenoxy) is 3. The van der Waals surface area contributed by atoms with Crippen LogP contribution < -0.4 is 17.2 Å². The number of imidazole rings is 3. The van der Waals surface area contributed by atoms with Crippen molar-refractivity contribution in [3.63, 3.8) is 0 Å². The number of nitrogens with two attached hydrogens (primary N) is 3. The Morgan fingerprint density at radius 3 is 1.44 bits per heavy atom. The highest BCUT2D eigenvalue weighted by Crippen LogP contribution is 2.53. The van der Waals surface area contributed by atoms with E-state index in [0.717, 1.165) is 40.8 Å². The fraction of sp³-hybridized carbons (Fsp3) is 0.500. The van der Waals surface area contributed by atoms with Gasteiger partial charge in [0.2, 0.25) is 0 Å². The van der Waals surface area contributed by atoms with E-state index in [-0.39, 0.29) is 55.7 Å². The SMILES string of the molecule is Nc1ncnc2c1ncn2[C@@H]1O[C@H](COP(=O)(O)O)[C@@H](O)[C@H]1OP(=O)(O)OC[C@H]1O[C@@H](n2cnc3c(N)ncnc32)[C@H](OP(=O)(O)OC[C@H]2O[C@@H](n3c(Br)nc4c(N)ncnc43)[C@H](O)[C@@H]2O)[C@@H]1O. The van der Waals surface area contributed by atoms with E-state index in [1.54, 1.807) is 0 Å². The quantitative estimate of drug-likeness (QED) is 0.0346. The average molecular weight is 1080 g/mol. The lowest BCUT2D eigenvalue weighted by molar-refractivity contribution is -0.0646. The summed E-state index contributed by atoms with van der Waals surface area (Å²) in [6.45, 7) is -2.87. The third-order valence-corrected chi connectivity index (χ3v) is 13.7. The summed E-state index contributed by atoms with van der Waals surface area (Å²) in [6.07, 6.45) is -15.2. The molecular weight excluding hydrogens is 1050 g/mol. The van der Waals surface area contributed by atoms with Gasteiger partial charge in [0.25, 0.3) is 0 Å². The van der Waals surface area contributed by atoms with Gasteiger partial charge in [-0.1, -0.05) is 0 Å². The summed E-state index contributed by atoms with van der Waals surface area (Å²) in [5.74, 6) is -0.162. The van der Waals surface area contributed by atoms with Gasteiger partial charge in [0.15, 0.2) is 63.3 Å². The second-order valence-corrected chi connectivity index (χ2v) is 19.7. The Morgan fingerprint density at radius 1 is 0.559 bits per heavy atom. The number of aliphatic hydroxyl groups excluding tert-OH is 4. The van der Waals surface area contributed by atoms with Crippen molar-refractivity contribution >= 4 is 90.3 Å². The Kier molecular flexibility index (Phi) is 13.1. The second-order valence-electron chi connectivity index (χ2n) is 15.0. The molecule has 0 aliphatic carbocycles. The summed E-state index contributed by atoms with van der Waals surface area (Å²) in [7, 11) is -15.9. The van der Waals surface area contributed by atoms with Gasteiger partial charge in [-0.05, 0) is 15.9 Å². The summed E-state index contributed by atoms with van der Waals surface area (Å²) < 4.78 is 85.7. The number of anilines is 3. The maximum atomic E-state index is 13.7. The van der Waals surface area contributed by atoms with Crippen molar-refractivity contribution in [1.29, 1.82) is 0 Å². The minimum atomic E-state index is -5.43. The first-order valence-corrected chi connectivity index (χ1v) is 24.6. The molecule has 3 fully saturated rings. The van der Waals surface area contributed by atoms with Crippen LogP contribution in [0.5, 0.6) is 0 Å². The largest absolute Gasteiger partial charge is 0.472 e. The molecule has 0 aromatic carbocycles. The smallest absolute Gasteiger partial charge is 0.387 e. The summed E-state index contributed by atoms with van der Waals surface area (Å²) in [5.41, 5.74) is 18.0. The molecule has 38 heteroatoms. The van der Waals surface area contributed by atoms with Crippen LogP contribution >= 0.6 is 39.4 Å². The number of phosphoric ester groups is 3. The third kappa shape index (κ3) is 9.34. The average Bonchev–Trinajstić information content (AvgIpc) is 4.13. The molecule has 6 aromatic rings. The fourth-order valence-corrected chi connectivity index (χ4v) is 10.3. The van der Waals surface area contributed by atoms with Crippen LogP contribution in [-0.2, 0) is 50.5 Å². The Morgan fingerprint density at radius 2 is 0.971 bits per heavy atom. The summed E-state index contributed by atoms with van der Waals surface area (Å²) in [6, 6.07) is 0. The highest BCUT2D eigenvalue weighted by molar-refractivity contribution is 9.10. The number of aliphatic hydroxyl groups is 4. The first kappa shape index (κ1) is 48.6. The molecule has 9 rings (SSSR count). The molecule has 6 aromatic heterocycles. The molecule has 14 N–H and O–H groups in total. The lowest BCUT2D eigenvalue weighted by atomic mass is 10.1. The third-order valence-electron chi connectivity index (χ3n) is 10.7. The summed E-state index contributed by atoms with van der Waals surface area (Å²) in [5, 5.41) is 44.6. The molecule has 0 bridgehead atoms. The van der Waals surface area contributed by atoms with Gasteiger partial charge in [0.05, 0.1) is 32.5 Å². The number of phosphoric acid groups is 3. The van der Waals surface area contributed by atoms with Crippen molar-refractivity contribution in [3.05, 3.63) is 36.4 Å².